The Kier molecular flexibility index (Phi) is 4.99. The number of rotatable bonds is 3. The molecule has 1 nitrogen and oxygen atoms in total. The molecule has 0 radical (unpaired) electrons. The summed E-state index contributed by atoms with van der Waals surface area (Å²) in [4.78, 5) is 0. The molecule has 0 aromatic heterocycles. The quantitative estimate of drug-likeness (QED) is 0.777. The molecule has 1 rings (SSSR count). The summed E-state index contributed by atoms with van der Waals surface area (Å²) in [5.74, 6) is -0.343. The molecule has 0 aliphatic heterocycles. The largest absolute Gasteiger partial charge is 0.313 e. The van der Waals surface area contributed by atoms with Crippen molar-refractivity contribution in [3.8, 4) is 0 Å². The summed E-state index contributed by atoms with van der Waals surface area (Å²) in [6.07, 6.45) is 0.846. The molecule has 0 fully saturated rings. The smallest absolute Gasteiger partial charge is 0.147 e. The Bertz CT molecular complexity index is 401. The van der Waals surface area contributed by atoms with Crippen molar-refractivity contribution in [2.75, 3.05) is 7.05 Å². The van der Waals surface area contributed by atoms with Crippen molar-refractivity contribution in [1.29, 1.82) is 0 Å². The van der Waals surface area contributed by atoms with Crippen LogP contribution >= 0.6 is 27.5 Å². The van der Waals surface area contributed by atoms with Gasteiger partial charge in [-0.05, 0) is 40.9 Å². The molecule has 1 aromatic rings. The Morgan fingerprint density at radius 3 is 2.47 bits per heavy atom. The van der Waals surface area contributed by atoms with Crippen LogP contribution in [0.3, 0.4) is 0 Å². The predicted octanol–water partition coefficient (Wildman–Crippen LogP) is 4.94. The maximum Gasteiger partial charge on any atom is 0.147 e. The van der Waals surface area contributed by atoms with E-state index in [0.29, 0.717) is 10.0 Å². The predicted molar refractivity (Wildman–Crippen MR) is 75.0 cm³/mol. The van der Waals surface area contributed by atoms with E-state index in [1.54, 1.807) is 12.1 Å². The Morgan fingerprint density at radius 2 is 2.00 bits per heavy atom. The lowest BCUT2D eigenvalue weighted by molar-refractivity contribution is 0.316. The number of hydrogen-bond acceptors (Lipinski definition) is 1. The number of benzene rings is 1. The van der Waals surface area contributed by atoms with E-state index in [2.05, 4.69) is 42.0 Å². The van der Waals surface area contributed by atoms with Gasteiger partial charge in [-0.1, -0.05) is 38.4 Å². The van der Waals surface area contributed by atoms with Gasteiger partial charge >= 0.3 is 0 Å². The van der Waals surface area contributed by atoms with Gasteiger partial charge in [-0.3, -0.25) is 0 Å². The number of halogens is 3. The average molecular weight is 323 g/mol. The summed E-state index contributed by atoms with van der Waals surface area (Å²) in [6, 6.07) is 3.53. The fraction of sp³-hybridized carbons (Fsp3) is 0.538. The minimum atomic E-state index is -0.343. The highest BCUT2D eigenvalue weighted by molar-refractivity contribution is 9.10. The van der Waals surface area contributed by atoms with Crippen molar-refractivity contribution in [3.05, 3.63) is 33.0 Å². The Balaban J connectivity index is 3.09. The number of nitrogens with one attached hydrogen (secondary N) is 1. The molecule has 0 bridgehead atoms. The van der Waals surface area contributed by atoms with Crippen molar-refractivity contribution in [1.82, 2.24) is 5.32 Å². The summed E-state index contributed by atoms with van der Waals surface area (Å²) in [5.41, 5.74) is 0.746. The molecule has 0 heterocycles. The first kappa shape index (κ1) is 14.9. The van der Waals surface area contributed by atoms with E-state index in [4.69, 9.17) is 11.6 Å². The van der Waals surface area contributed by atoms with Crippen molar-refractivity contribution in [3.63, 3.8) is 0 Å². The minimum Gasteiger partial charge on any atom is -0.313 e. The third kappa shape index (κ3) is 3.94. The van der Waals surface area contributed by atoms with E-state index in [-0.39, 0.29) is 22.3 Å². The van der Waals surface area contributed by atoms with Crippen LogP contribution in [0.5, 0.6) is 0 Å². The van der Waals surface area contributed by atoms with E-state index in [1.165, 1.54) is 0 Å². The molecule has 1 unspecified atom stereocenters. The maximum atomic E-state index is 14.1. The van der Waals surface area contributed by atoms with Crippen molar-refractivity contribution >= 4 is 27.5 Å². The minimum absolute atomic E-state index is 0.0272. The van der Waals surface area contributed by atoms with Crippen LogP contribution in [0.15, 0.2) is 16.6 Å². The molecular weight excluding hydrogens is 305 g/mol. The lowest BCUT2D eigenvalue weighted by Crippen LogP contribution is -2.23. The topological polar surface area (TPSA) is 12.0 Å². The monoisotopic (exact) mass is 321 g/mol. The first-order chi connectivity index (χ1) is 7.76. The highest BCUT2D eigenvalue weighted by Gasteiger charge is 2.23. The molecule has 0 aliphatic rings. The molecule has 0 aliphatic carbocycles. The van der Waals surface area contributed by atoms with E-state index in [9.17, 15) is 4.39 Å². The van der Waals surface area contributed by atoms with Gasteiger partial charge in [0.05, 0.1) is 5.02 Å². The second-order valence-corrected chi connectivity index (χ2v) is 6.60. The average Bonchev–Trinajstić information content (AvgIpc) is 2.22. The van der Waals surface area contributed by atoms with Crippen LogP contribution in [-0.4, -0.2) is 7.05 Å². The van der Waals surface area contributed by atoms with Crippen molar-refractivity contribution < 1.29 is 4.39 Å². The van der Waals surface area contributed by atoms with Gasteiger partial charge < -0.3 is 5.32 Å². The fourth-order valence-corrected chi connectivity index (χ4v) is 2.27. The number of hydrogen-bond donors (Lipinski definition) is 1. The maximum absolute atomic E-state index is 14.1. The highest BCUT2D eigenvalue weighted by atomic mass is 79.9. The molecular formula is C13H18BrClFN. The summed E-state index contributed by atoms with van der Waals surface area (Å²) in [6.45, 7) is 6.40. The Morgan fingerprint density at radius 1 is 1.41 bits per heavy atom. The lowest BCUT2D eigenvalue weighted by atomic mass is 9.85. The standard InChI is InChI=1S/C13H18BrClFN/c1-13(2,3)7-10(17-4)8-5-6-9(14)11(15)12(8)16/h5-6,10,17H,7H2,1-4H3. The third-order valence-corrected chi connectivity index (χ3v) is 3.86. The van der Waals surface area contributed by atoms with Gasteiger partial charge in [0, 0.05) is 16.1 Å². The van der Waals surface area contributed by atoms with E-state index in [0.717, 1.165) is 6.42 Å². The van der Waals surface area contributed by atoms with Crippen molar-refractivity contribution in [2.45, 2.75) is 33.2 Å². The van der Waals surface area contributed by atoms with E-state index < -0.39 is 0 Å². The molecule has 0 spiro atoms. The van der Waals surface area contributed by atoms with Crippen LogP contribution in [0.4, 0.5) is 4.39 Å². The summed E-state index contributed by atoms with van der Waals surface area (Å²) < 4.78 is 14.7. The van der Waals surface area contributed by atoms with Crippen molar-refractivity contribution in [2.24, 2.45) is 5.41 Å². The van der Waals surface area contributed by atoms with Gasteiger partial charge in [-0.25, -0.2) is 4.39 Å². The third-order valence-electron chi connectivity index (χ3n) is 2.61. The fourth-order valence-electron chi connectivity index (χ4n) is 1.79. The van der Waals surface area contributed by atoms with Gasteiger partial charge in [-0.15, -0.1) is 0 Å². The van der Waals surface area contributed by atoms with Crippen LogP contribution in [0.25, 0.3) is 0 Å². The van der Waals surface area contributed by atoms with Crippen LogP contribution in [-0.2, 0) is 0 Å². The van der Waals surface area contributed by atoms with Gasteiger partial charge in [-0.2, -0.15) is 0 Å². The Hall–Kier alpha value is -0.120. The normalized spacial score (nSPS) is 13.8. The molecule has 1 atom stereocenters. The zero-order valence-electron chi connectivity index (χ0n) is 10.6. The Labute approximate surface area is 116 Å². The summed E-state index contributed by atoms with van der Waals surface area (Å²) >= 11 is 9.13. The molecule has 0 amide bonds. The summed E-state index contributed by atoms with van der Waals surface area (Å²) in [7, 11) is 1.84. The summed E-state index contributed by atoms with van der Waals surface area (Å²) in [5, 5.41) is 3.30. The first-order valence-electron chi connectivity index (χ1n) is 5.57. The van der Waals surface area contributed by atoms with Crippen LogP contribution in [0.2, 0.25) is 5.02 Å². The molecule has 1 aromatic carbocycles. The van der Waals surface area contributed by atoms with Gasteiger partial charge in [0.2, 0.25) is 0 Å². The lowest BCUT2D eigenvalue weighted by Gasteiger charge is -2.26. The van der Waals surface area contributed by atoms with Gasteiger partial charge in [0.25, 0.3) is 0 Å². The van der Waals surface area contributed by atoms with Gasteiger partial charge in [0.1, 0.15) is 5.82 Å². The molecule has 1 N–H and O–H groups in total. The first-order valence-corrected chi connectivity index (χ1v) is 6.74. The van der Waals surface area contributed by atoms with Crippen LogP contribution in [0, 0.1) is 11.2 Å². The molecule has 0 saturated heterocycles. The van der Waals surface area contributed by atoms with Crippen LogP contribution < -0.4 is 5.32 Å². The van der Waals surface area contributed by atoms with E-state index in [1.807, 2.05) is 7.05 Å². The molecule has 4 heteroatoms. The molecule has 17 heavy (non-hydrogen) atoms. The highest BCUT2D eigenvalue weighted by Crippen LogP contribution is 2.35. The molecule has 0 saturated carbocycles. The molecule has 96 valence electrons. The van der Waals surface area contributed by atoms with Gasteiger partial charge in [0.15, 0.2) is 0 Å². The SMILES string of the molecule is CNC(CC(C)(C)C)c1ccc(Br)c(Cl)c1F. The zero-order chi connectivity index (χ0) is 13.2. The zero-order valence-corrected chi connectivity index (χ0v) is 12.9. The second-order valence-electron chi connectivity index (χ2n) is 5.37. The second kappa shape index (κ2) is 5.68. The van der Waals surface area contributed by atoms with Crippen LogP contribution in [0.1, 0.15) is 38.8 Å². The van der Waals surface area contributed by atoms with E-state index >= 15 is 0 Å².